The van der Waals surface area contributed by atoms with Crippen LogP contribution in [0, 0.1) is 6.92 Å². The maximum absolute atomic E-state index is 5.53. The first-order chi connectivity index (χ1) is 10.2. The van der Waals surface area contributed by atoms with Gasteiger partial charge in [-0.3, -0.25) is 0 Å². The molecule has 0 bridgehead atoms. The molecule has 1 aromatic carbocycles. The molecule has 0 aliphatic rings. The summed E-state index contributed by atoms with van der Waals surface area (Å²) in [5.74, 6) is 1.01. The molecular weight excluding hydrogens is 352 g/mol. The second kappa shape index (κ2) is 6.05. The predicted octanol–water partition coefficient (Wildman–Crippen LogP) is 3.43. The Morgan fingerprint density at radius 3 is 2.95 bits per heavy atom. The Morgan fingerprint density at radius 1 is 1.33 bits per heavy atom. The molecule has 2 N–H and O–H groups in total. The number of rotatable bonds is 4. The van der Waals surface area contributed by atoms with E-state index in [9.17, 15) is 0 Å². The van der Waals surface area contributed by atoms with E-state index >= 15 is 0 Å². The second-order valence-electron chi connectivity index (χ2n) is 4.55. The summed E-state index contributed by atoms with van der Waals surface area (Å²) in [7, 11) is 0. The van der Waals surface area contributed by atoms with Crippen molar-refractivity contribution in [2.45, 2.75) is 13.3 Å². The van der Waals surface area contributed by atoms with E-state index in [1.165, 1.54) is 0 Å². The van der Waals surface area contributed by atoms with Crippen LogP contribution in [0.1, 0.15) is 10.6 Å². The van der Waals surface area contributed by atoms with Gasteiger partial charge in [0.2, 0.25) is 5.82 Å². The van der Waals surface area contributed by atoms with E-state index < -0.39 is 0 Å². The smallest absolute Gasteiger partial charge is 0.277 e. The highest BCUT2D eigenvalue weighted by molar-refractivity contribution is 9.10. The van der Waals surface area contributed by atoms with Gasteiger partial charge in [-0.2, -0.15) is 4.98 Å². The Labute approximate surface area is 134 Å². The molecule has 0 aliphatic carbocycles. The lowest BCUT2D eigenvalue weighted by Gasteiger charge is -2.00. The summed E-state index contributed by atoms with van der Waals surface area (Å²) in [5, 5.41) is 6.94. The highest BCUT2D eigenvalue weighted by atomic mass is 79.9. The molecular formula is C14H13BrN4OS. The summed E-state index contributed by atoms with van der Waals surface area (Å²) in [6.07, 6.45) is 0.761. The van der Waals surface area contributed by atoms with Gasteiger partial charge in [-0.05, 0) is 37.2 Å². The van der Waals surface area contributed by atoms with E-state index in [2.05, 4.69) is 31.1 Å². The van der Waals surface area contributed by atoms with Crippen molar-refractivity contribution in [1.29, 1.82) is 0 Å². The summed E-state index contributed by atoms with van der Waals surface area (Å²) < 4.78 is 6.35. The fourth-order valence-electron chi connectivity index (χ4n) is 1.96. The number of aromatic nitrogens is 3. The Morgan fingerprint density at radius 2 is 2.19 bits per heavy atom. The van der Waals surface area contributed by atoms with Gasteiger partial charge in [-0.15, -0.1) is 11.3 Å². The van der Waals surface area contributed by atoms with Crippen molar-refractivity contribution in [3.05, 3.63) is 38.6 Å². The second-order valence-corrected chi connectivity index (χ2v) is 6.41. The van der Waals surface area contributed by atoms with Gasteiger partial charge in [0.15, 0.2) is 0 Å². The molecule has 2 aromatic heterocycles. The minimum Gasteiger partial charge on any atom is -0.332 e. The highest BCUT2D eigenvalue weighted by Crippen LogP contribution is 2.27. The van der Waals surface area contributed by atoms with Crippen molar-refractivity contribution < 1.29 is 4.52 Å². The zero-order valence-corrected chi connectivity index (χ0v) is 13.7. The quantitative estimate of drug-likeness (QED) is 0.766. The topological polar surface area (TPSA) is 77.8 Å². The van der Waals surface area contributed by atoms with Crippen LogP contribution in [0.4, 0.5) is 0 Å². The van der Waals surface area contributed by atoms with Gasteiger partial charge >= 0.3 is 0 Å². The Balaban J connectivity index is 1.91. The van der Waals surface area contributed by atoms with Crippen molar-refractivity contribution in [2.24, 2.45) is 5.73 Å². The van der Waals surface area contributed by atoms with Crippen LogP contribution in [0.25, 0.3) is 23.0 Å². The first kappa shape index (κ1) is 14.4. The average Bonchev–Trinajstić information content (AvgIpc) is 3.08. The van der Waals surface area contributed by atoms with Gasteiger partial charge in [0.05, 0.1) is 5.01 Å². The number of aryl methyl sites for hydroxylation is 1. The third-order valence-electron chi connectivity index (χ3n) is 2.98. The monoisotopic (exact) mass is 364 g/mol. The zero-order chi connectivity index (χ0) is 14.8. The largest absolute Gasteiger partial charge is 0.332 e. The van der Waals surface area contributed by atoms with Crippen LogP contribution in [0.5, 0.6) is 0 Å². The van der Waals surface area contributed by atoms with Gasteiger partial charge in [0, 0.05) is 21.8 Å². The van der Waals surface area contributed by atoms with E-state index in [4.69, 9.17) is 10.3 Å². The van der Waals surface area contributed by atoms with E-state index in [1.807, 2.05) is 30.5 Å². The molecule has 0 saturated carbocycles. The van der Waals surface area contributed by atoms with Crippen molar-refractivity contribution >= 4 is 27.3 Å². The molecule has 0 spiro atoms. The molecule has 3 aromatic rings. The summed E-state index contributed by atoms with van der Waals surface area (Å²) in [4.78, 5) is 8.88. The lowest BCUT2D eigenvalue weighted by atomic mass is 10.1. The van der Waals surface area contributed by atoms with Crippen LogP contribution in [0.15, 0.2) is 32.6 Å². The molecule has 5 nitrogen and oxygen atoms in total. The summed E-state index contributed by atoms with van der Waals surface area (Å²) in [6.45, 7) is 2.60. The first-order valence-corrected chi connectivity index (χ1v) is 8.09. The van der Waals surface area contributed by atoms with Crippen LogP contribution in [0.3, 0.4) is 0 Å². The molecule has 0 amide bonds. The average molecular weight is 365 g/mol. The molecule has 3 rings (SSSR count). The maximum Gasteiger partial charge on any atom is 0.277 e. The van der Waals surface area contributed by atoms with E-state index in [0.29, 0.717) is 24.0 Å². The minimum atomic E-state index is 0.437. The van der Waals surface area contributed by atoms with Crippen LogP contribution in [-0.4, -0.2) is 21.7 Å². The maximum atomic E-state index is 5.53. The van der Waals surface area contributed by atoms with Gasteiger partial charge in [0.25, 0.3) is 5.89 Å². The highest BCUT2D eigenvalue weighted by Gasteiger charge is 2.15. The molecule has 0 fully saturated rings. The Hall–Kier alpha value is -1.57. The van der Waals surface area contributed by atoms with Crippen molar-refractivity contribution in [1.82, 2.24) is 15.1 Å². The van der Waals surface area contributed by atoms with Crippen molar-refractivity contribution in [3.63, 3.8) is 0 Å². The first-order valence-electron chi connectivity index (χ1n) is 6.42. The van der Waals surface area contributed by atoms with E-state index in [-0.39, 0.29) is 0 Å². The third kappa shape index (κ3) is 3.04. The van der Waals surface area contributed by atoms with Gasteiger partial charge in [-0.1, -0.05) is 21.1 Å². The molecule has 0 saturated heterocycles. The number of hydrogen-bond donors (Lipinski definition) is 1. The Kier molecular flexibility index (Phi) is 4.14. The van der Waals surface area contributed by atoms with Gasteiger partial charge in [-0.25, -0.2) is 4.98 Å². The minimum absolute atomic E-state index is 0.437. The van der Waals surface area contributed by atoms with Crippen LogP contribution < -0.4 is 5.73 Å². The number of thiazole rings is 1. The molecule has 7 heteroatoms. The van der Waals surface area contributed by atoms with Crippen LogP contribution >= 0.6 is 27.3 Å². The number of benzene rings is 1. The van der Waals surface area contributed by atoms with Crippen molar-refractivity contribution in [3.8, 4) is 23.0 Å². The fraction of sp³-hybridized carbons (Fsp3) is 0.214. The molecule has 2 heterocycles. The summed E-state index contributed by atoms with van der Waals surface area (Å²) in [5.41, 5.74) is 8.27. The molecule has 0 unspecified atom stereocenters. The number of nitrogens with zero attached hydrogens (tertiary/aromatic N) is 3. The van der Waals surface area contributed by atoms with Crippen molar-refractivity contribution in [2.75, 3.05) is 6.54 Å². The normalized spacial score (nSPS) is 11.0. The third-order valence-corrected chi connectivity index (χ3v) is 4.39. The molecule has 108 valence electrons. The standard InChI is InChI=1S/C14H13BrN4OS/c1-8-6-9(15)2-3-10(8)13-18-14(20-19-13)11-7-21-12(17-11)4-5-16/h2-3,6-7H,4-5,16H2,1H3. The fourth-order valence-corrected chi connectivity index (χ4v) is 3.23. The SMILES string of the molecule is Cc1cc(Br)ccc1-c1noc(-c2csc(CCN)n2)n1. The number of nitrogens with two attached hydrogens (primary N) is 1. The molecule has 0 aliphatic heterocycles. The van der Waals surface area contributed by atoms with Crippen LogP contribution in [-0.2, 0) is 6.42 Å². The summed E-state index contributed by atoms with van der Waals surface area (Å²) in [6, 6.07) is 5.95. The zero-order valence-electron chi connectivity index (χ0n) is 11.3. The van der Waals surface area contributed by atoms with Gasteiger partial charge in [0.1, 0.15) is 5.69 Å². The number of hydrogen-bond acceptors (Lipinski definition) is 6. The molecule has 0 radical (unpaired) electrons. The lowest BCUT2D eigenvalue weighted by molar-refractivity contribution is 0.431. The van der Waals surface area contributed by atoms with Crippen LogP contribution in [0.2, 0.25) is 0 Å². The summed E-state index contributed by atoms with van der Waals surface area (Å²) >= 11 is 5.00. The van der Waals surface area contributed by atoms with E-state index in [1.54, 1.807) is 11.3 Å². The lowest BCUT2D eigenvalue weighted by Crippen LogP contribution is -2.01. The van der Waals surface area contributed by atoms with Gasteiger partial charge < -0.3 is 10.3 Å². The number of halogens is 1. The Bertz CT molecular complexity index is 768. The molecule has 0 atom stereocenters. The van der Waals surface area contributed by atoms with E-state index in [0.717, 1.165) is 27.0 Å². The predicted molar refractivity (Wildman–Crippen MR) is 86.0 cm³/mol. The molecule has 21 heavy (non-hydrogen) atoms.